The molecule has 8 heteroatoms. The third kappa shape index (κ3) is 2.41. The molecule has 0 unspecified atom stereocenters. The van der Waals surface area contributed by atoms with Gasteiger partial charge in [0.1, 0.15) is 11.3 Å². The average molecular weight is 337 g/mol. The molecule has 0 amide bonds. The molecule has 0 radical (unpaired) electrons. The standard InChI is InChI=1S/C17H16FN7/c18-17(4-1-5-17)10-21-16-20-9-12-11(8-19-15(12)24-16)13-3-7-25-14(23-13)2-6-22-25/h2-3,6-9H,1,4-5,10H2,(H2,19,20,21,24). The third-order valence-corrected chi connectivity index (χ3v) is 4.78. The zero-order valence-electron chi connectivity index (χ0n) is 13.4. The van der Waals surface area contributed by atoms with E-state index < -0.39 is 5.67 Å². The van der Waals surface area contributed by atoms with Crippen molar-refractivity contribution in [3.63, 3.8) is 0 Å². The van der Waals surface area contributed by atoms with Crippen molar-refractivity contribution in [3.05, 3.63) is 36.9 Å². The first-order valence-corrected chi connectivity index (χ1v) is 8.28. The van der Waals surface area contributed by atoms with Gasteiger partial charge in [0.2, 0.25) is 5.95 Å². The van der Waals surface area contributed by atoms with Crippen LogP contribution in [0.3, 0.4) is 0 Å². The maximum atomic E-state index is 14.1. The van der Waals surface area contributed by atoms with Gasteiger partial charge in [-0.3, -0.25) is 0 Å². The molecule has 0 bridgehead atoms. The summed E-state index contributed by atoms with van der Waals surface area (Å²) in [6, 6.07) is 3.75. The van der Waals surface area contributed by atoms with Crippen LogP contribution in [0.4, 0.5) is 10.3 Å². The molecule has 0 aliphatic heterocycles. The molecule has 25 heavy (non-hydrogen) atoms. The summed E-state index contributed by atoms with van der Waals surface area (Å²) in [5.41, 5.74) is 2.11. The van der Waals surface area contributed by atoms with Gasteiger partial charge in [-0.05, 0) is 25.3 Å². The number of halogens is 1. The summed E-state index contributed by atoms with van der Waals surface area (Å²) < 4.78 is 15.8. The number of nitrogens with one attached hydrogen (secondary N) is 2. The van der Waals surface area contributed by atoms with Crippen LogP contribution in [0.1, 0.15) is 19.3 Å². The summed E-state index contributed by atoms with van der Waals surface area (Å²) in [6.07, 6.45) is 9.35. The minimum Gasteiger partial charge on any atom is -0.351 e. The smallest absolute Gasteiger partial charge is 0.224 e. The van der Waals surface area contributed by atoms with Gasteiger partial charge in [0.25, 0.3) is 0 Å². The first kappa shape index (κ1) is 14.3. The Morgan fingerprint density at radius 1 is 1.28 bits per heavy atom. The van der Waals surface area contributed by atoms with Crippen molar-refractivity contribution in [3.8, 4) is 11.3 Å². The summed E-state index contributed by atoms with van der Waals surface area (Å²) in [5, 5.41) is 8.03. The lowest BCUT2D eigenvalue weighted by atomic mass is 9.82. The van der Waals surface area contributed by atoms with Crippen LogP contribution in [0.25, 0.3) is 27.9 Å². The number of aromatic nitrogens is 6. The molecule has 0 spiro atoms. The van der Waals surface area contributed by atoms with Gasteiger partial charge in [0, 0.05) is 35.6 Å². The lowest BCUT2D eigenvalue weighted by Crippen LogP contribution is -2.39. The molecule has 1 aliphatic carbocycles. The van der Waals surface area contributed by atoms with Crippen molar-refractivity contribution in [2.24, 2.45) is 0 Å². The van der Waals surface area contributed by atoms with E-state index in [1.54, 1.807) is 16.9 Å². The molecule has 0 atom stereocenters. The molecule has 1 fully saturated rings. The molecule has 1 aliphatic rings. The first-order chi connectivity index (χ1) is 12.2. The molecule has 4 aromatic rings. The number of H-pyrrole nitrogens is 1. The highest BCUT2D eigenvalue weighted by Gasteiger charge is 2.36. The zero-order valence-corrected chi connectivity index (χ0v) is 13.4. The number of aromatic amines is 1. The average Bonchev–Trinajstić information content (AvgIpc) is 3.23. The highest BCUT2D eigenvalue weighted by molar-refractivity contribution is 5.92. The molecule has 2 N–H and O–H groups in total. The number of alkyl halides is 1. The SMILES string of the molecule is FC1(CNc2ncc3c(-c4ccn5nccc5n4)c[nH]c3n2)CCC1. The van der Waals surface area contributed by atoms with E-state index in [9.17, 15) is 4.39 Å². The van der Waals surface area contributed by atoms with Crippen molar-refractivity contribution < 1.29 is 4.39 Å². The van der Waals surface area contributed by atoms with E-state index in [0.717, 1.165) is 28.7 Å². The second-order valence-corrected chi connectivity index (χ2v) is 6.46. The molecular formula is C17H16FN7. The fourth-order valence-corrected chi connectivity index (χ4v) is 3.14. The van der Waals surface area contributed by atoms with E-state index in [0.29, 0.717) is 24.4 Å². The van der Waals surface area contributed by atoms with Gasteiger partial charge >= 0.3 is 0 Å². The van der Waals surface area contributed by atoms with Crippen LogP contribution in [0.5, 0.6) is 0 Å². The van der Waals surface area contributed by atoms with Crippen LogP contribution in [-0.2, 0) is 0 Å². The minimum absolute atomic E-state index is 0.255. The predicted molar refractivity (Wildman–Crippen MR) is 92.0 cm³/mol. The Hall–Kier alpha value is -3.03. The molecule has 0 saturated heterocycles. The lowest BCUT2D eigenvalue weighted by Gasteiger charge is -2.33. The maximum Gasteiger partial charge on any atom is 0.224 e. The van der Waals surface area contributed by atoms with Gasteiger partial charge < -0.3 is 10.3 Å². The van der Waals surface area contributed by atoms with E-state index in [1.807, 2.05) is 24.5 Å². The van der Waals surface area contributed by atoms with E-state index in [-0.39, 0.29) is 6.54 Å². The van der Waals surface area contributed by atoms with Gasteiger partial charge in [-0.1, -0.05) is 0 Å². The zero-order chi connectivity index (χ0) is 16.9. The van der Waals surface area contributed by atoms with Gasteiger partial charge in [0.15, 0.2) is 5.65 Å². The molecule has 4 aromatic heterocycles. The van der Waals surface area contributed by atoms with E-state index >= 15 is 0 Å². The van der Waals surface area contributed by atoms with Crippen LogP contribution >= 0.6 is 0 Å². The summed E-state index contributed by atoms with van der Waals surface area (Å²) in [5.74, 6) is 0.434. The molecular weight excluding hydrogens is 321 g/mol. The van der Waals surface area contributed by atoms with Gasteiger partial charge in [-0.2, -0.15) is 10.1 Å². The fraction of sp³-hybridized carbons (Fsp3) is 0.294. The Morgan fingerprint density at radius 2 is 2.20 bits per heavy atom. The van der Waals surface area contributed by atoms with Crippen LogP contribution in [0, 0.1) is 0 Å². The predicted octanol–water partition coefficient (Wildman–Crippen LogP) is 2.97. The van der Waals surface area contributed by atoms with Crippen molar-refractivity contribution in [1.29, 1.82) is 0 Å². The van der Waals surface area contributed by atoms with Crippen molar-refractivity contribution in [1.82, 2.24) is 29.5 Å². The monoisotopic (exact) mass is 337 g/mol. The highest BCUT2D eigenvalue weighted by atomic mass is 19.1. The molecule has 4 heterocycles. The number of fused-ring (bicyclic) bond motifs is 2. The molecule has 1 saturated carbocycles. The maximum absolute atomic E-state index is 14.1. The Balaban J connectivity index is 1.46. The van der Waals surface area contributed by atoms with Crippen molar-refractivity contribution >= 4 is 22.6 Å². The quantitative estimate of drug-likeness (QED) is 0.598. The van der Waals surface area contributed by atoms with Crippen LogP contribution in [0.15, 0.2) is 36.9 Å². The normalized spacial score (nSPS) is 16.2. The molecule has 5 rings (SSSR count). The lowest BCUT2D eigenvalue weighted by molar-refractivity contribution is 0.0782. The van der Waals surface area contributed by atoms with Gasteiger partial charge in [-0.25, -0.2) is 18.9 Å². The van der Waals surface area contributed by atoms with Crippen LogP contribution in [-0.4, -0.2) is 41.8 Å². The minimum atomic E-state index is -1.11. The Labute approximate surface area is 142 Å². The van der Waals surface area contributed by atoms with E-state index in [4.69, 9.17) is 0 Å². The number of anilines is 1. The summed E-state index contributed by atoms with van der Waals surface area (Å²) in [4.78, 5) is 16.5. The Bertz CT molecular complexity index is 1060. The fourth-order valence-electron chi connectivity index (χ4n) is 3.14. The van der Waals surface area contributed by atoms with Crippen molar-refractivity contribution in [2.75, 3.05) is 11.9 Å². The van der Waals surface area contributed by atoms with Crippen LogP contribution < -0.4 is 5.32 Å². The first-order valence-electron chi connectivity index (χ1n) is 8.28. The van der Waals surface area contributed by atoms with Gasteiger partial charge in [0.05, 0.1) is 18.4 Å². The number of hydrogen-bond donors (Lipinski definition) is 2. The Morgan fingerprint density at radius 3 is 3.04 bits per heavy atom. The number of rotatable bonds is 4. The summed E-state index contributed by atoms with van der Waals surface area (Å²) in [6.45, 7) is 0.255. The second kappa shape index (κ2) is 5.23. The second-order valence-electron chi connectivity index (χ2n) is 6.46. The van der Waals surface area contributed by atoms with Gasteiger partial charge in [-0.15, -0.1) is 0 Å². The molecule has 7 nitrogen and oxygen atoms in total. The molecule has 126 valence electrons. The highest BCUT2D eigenvalue weighted by Crippen LogP contribution is 2.35. The summed E-state index contributed by atoms with van der Waals surface area (Å²) >= 11 is 0. The third-order valence-electron chi connectivity index (χ3n) is 4.78. The van der Waals surface area contributed by atoms with Crippen molar-refractivity contribution in [2.45, 2.75) is 24.9 Å². The summed E-state index contributed by atoms with van der Waals surface area (Å²) in [7, 11) is 0. The molecule has 0 aromatic carbocycles. The van der Waals surface area contributed by atoms with E-state index in [2.05, 4.69) is 30.4 Å². The number of nitrogens with zero attached hydrogens (tertiary/aromatic N) is 5. The number of hydrogen-bond acceptors (Lipinski definition) is 5. The van der Waals surface area contributed by atoms with E-state index in [1.165, 1.54) is 0 Å². The largest absolute Gasteiger partial charge is 0.351 e. The van der Waals surface area contributed by atoms with Crippen LogP contribution in [0.2, 0.25) is 0 Å². The Kier molecular flexibility index (Phi) is 3.00. The topological polar surface area (TPSA) is 83.8 Å².